The molecule has 0 unspecified atom stereocenters. The van der Waals surface area contributed by atoms with Crippen LogP contribution in [0.4, 0.5) is 4.39 Å². The smallest absolute Gasteiger partial charge is 0.151 e. The van der Waals surface area contributed by atoms with Gasteiger partial charge in [-0.1, -0.05) is 24.3 Å². The lowest BCUT2D eigenvalue weighted by Crippen LogP contribution is -2.01. The summed E-state index contributed by atoms with van der Waals surface area (Å²) in [5.74, 6) is 0.756. The fourth-order valence-electron chi connectivity index (χ4n) is 2.75. The number of aromatic nitrogens is 2. The van der Waals surface area contributed by atoms with Crippen LogP contribution in [0.3, 0.4) is 0 Å². The number of thiophene rings is 1. The van der Waals surface area contributed by atoms with Gasteiger partial charge in [0.2, 0.25) is 0 Å². The van der Waals surface area contributed by atoms with E-state index in [1.54, 1.807) is 11.3 Å². The minimum Gasteiger partial charge on any atom is -0.319 e. The number of halogens is 1. The topological polar surface area (TPSA) is 17.8 Å². The van der Waals surface area contributed by atoms with E-state index in [0.29, 0.717) is 6.54 Å². The number of rotatable bonds is 3. The average Bonchev–Trinajstić information content (AvgIpc) is 3.14. The molecule has 0 saturated heterocycles. The molecule has 4 aromatic rings. The fraction of sp³-hybridized carbons (Fsp3) is 0.105. The van der Waals surface area contributed by atoms with Crippen molar-refractivity contribution in [1.29, 1.82) is 0 Å². The first kappa shape index (κ1) is 14.2. The van der Waals surface area contributed by atoms with Crippen LogP contribution >= 0.6 is 11.3 Å². The van der Waals surface area contributed by atoms with Crippen molar-refractivity contribution in [2.45, 2.75) is 13.5 Å². The van der Waals surface area contributed by atoms with Crippen LogP contribution in [0.15, 0.2) is 60.7 Å². The van der Waals surface area contributed by atoms with Crippen molar-refractivity contribution in [3.63, 3.8) is 0 Å². The van der Waals surface area contributed by atoms with Gasteiger partial charge in [0.15, 0.2) is 5.82 Å². The number of hydrogen-bond acceptors (Lipinski definition) is 2. The zero-order valence-corrected chi connectivity index (χ0v) is 13.5. The van der Waals surface area contributed by atoms with Crippen LogP contribution < -0.4 is 0 Å². The summed E-state index contributed by atoms with van der Waals surface area (Å²) < 4.78 is 15.4. The van der Waals surface area contributed by atoms with Gasteiger partial charge < -0.3 is 4.57 Å². The van der Waals surface area contributed by atoms with Gasteiger partial charge in [0.25, 0.3) is 0 Å². The second-order valence-electron chi connectivity index (χ2n) is 5.55. The van der Waals surface area contributed by atoms with Crippen LogP contribution in [0, 0.1) is 12.7 Å². The van der Waals surface area contributed by atoms with E-state index < -0.39 is 0 Å². The molecule has 0 radical (unpaired) electrons. The van der Waals surface area contributed by atoms with Crippen molar-refractivity contribution in [2.24, 2.45) is 0 Å². The molecule has 0 spiro atoms. The quantitative estimate of drug-likeness (QED) is 0.503. The van der Waals surface area contributed by atoms with Crippen LogP contribution in [-0.4, -0.2) is 9.55 Å². The number of fused-ring (bicyclic) bond motifs is 1. The summed E-state index contributed by atoms with van der Waals surface area (Å²) in [6, 6.07) is 19.0. The minimum absolute atomic E-state index is 0.210. The Morgan fingerprint density at radius 1 is 1.00 bits per heavy atom. The molecule has 2 aromatic heterocycles. The second-order valence-corrected chi connectivity index (χ2v) is 6.83. The summed E-state index contributed by atoms with van der Waals surface area (Å²) in [5, 5.41) is 0. The van der Waals surface area contributed by atoms with Crippen molar-refractivity contribution in [3.05, 3.63) is 76.9 Å². The molecule has 4 heteroatoms. The lowest BCUT2D eigenvalue weighted by atomic mass is 10.2. The summed E-state index contributed by atoms with van der Waals surface area (Å²) >= 11 is 1.74. The molecule has 0 saturated carbocycles. The molecular formula is C19H15FN2S. The van der Waals surface area contributed by atoms with Crippen LogP contribution in [-0.2, 0) is 6.54 Å². The van der Waals surface area contributed by atoms with Gasteiger partial charge in [0.1, 0.15) is 5.82 Å². The summed E-state index contributed by atoms with van der Waals surface area (Å²) in [4.78, 5) is 7.23. The van der Waals surface area contributed by atoms with Crippen LogP contribution in [0.1, 0.15) is 10.4 Å². The zero-order valence-electron chi connectivity index (χ0n) is 12.7. The van der Waals surface area contributed by atoms with E-state index in [-0.39, 0.29) is 5.82 Å². The van der Waals surface area contributed by atoms with Crippen LogP contribution in [0.2, 0.25) is 0 Å². The number of aryl methyl sites for hydroxylation is 1. The third-order valence-corrected chi connectivity index (χ3v) is 4.87. The number of benzene rings is 2. The molecule has 2 aromatic carbocycles. The first-order valence-electron chi connectivity index (χ1n) is 7.47. The number of nitrogens with zero attached hydrogens (tertiary/aromatic N) is 2. The molecule has 4 rings (SSSR count). The molecule has 0 fully saturated rings. The molecule has 0 N–H and O–H groups in total. The molecule has 2 heterocycles. The SMILES string of the molecule is Cc1ccc(-c2nc3ccccc3n2Cc2ccc(F)cc2)s1. The summed E-state index contributed by atoms with van der Waals surface area (Å²) in [5.41, 5.74) is 3.14. The Kier molecular flexibility index (Phi) is 3.46. The highest BCUT2D eigenvalue weighted by molar-refractivity contribution is 7.15. The van der Waals surface area contributed by atoms with Crippen molar-refractivity contribution in [3.8, 4) is 10.7 Å². The third-order valence-electron chi connectivity index (χ3n) is 3.87. The number of imidazole rings is 1. The Bertz CT molecular complexity index is 967. The lowest BCUT2D eigenvalue weighted by molar-refractivity contribution is 0.626. The maximum atomic E-state index is 13.1. The van der Waals surface area contributed by atoms with Gasteiger partial charge in [-0.15, -0.1) is 11.3 Å². The number of para-hydroxylation sites is 2. The van der Waals surface area contributed by atoms with E-state index in [9.17, 15) is 4.39 Å². The summed E-state index contributed by atoms with van der Waals surface area (Å²) in [6.45, 7) is 2.77. The van der Waals surface area contributed by atoms with Gasteiger partial charge in [0.05, 0.1) is 15.9 Å². The maximum Gasteiger partial charge on any atom is 0.151 e. The van der Waals surface area contributed by atoms with Crippen molar-refractivity contribution in [2.75, 3.05) is 0 Å². The van der Waals surface area contributed by atoms with Crippen molar-refractivity contribution in [1.82, 2.24) is 9.55 Å². The molecule has 0 aliphatic rings. The second kappa shape index (κ2) is 5.63. The predicted octanol–water partition coefficient (Wildman–Crippen LogP) is 5.26. The van der Waals surface area contributed by atoms with Crippen LogP contribution in [0.5, 0.6) is 0 Å². The normalized spacial score (nSPS) is 11.2. The molecule has 2 nitrogen and oxygen atoms in total. The molecule has 0 aliphatic carbocycles. The Labute approximate surface area is 137 Å². The highest BCUT2D eigenvalue weighted by Crippen LogP contribution is 2.30. The molecule has 0 bridgehead atoms. The van der Waals surface area contributed by atoms with Gasteiger partial charge in [0, 0.05) is 11.4 Å². The van der Waals surface area contributed by atoms with E-state index in [1.165, 1.54) is 17.0 Å². The van der Waals surface area contributed by atoms with Gasteiger partial charge >= 0.3 is 0 Å². The molecule has 0 atom stereocenters. The molecular weight excluding hydrogens is 307 g/mol. The minimum atomic E-state index is -0.210. The molecule has 0 amide bonds. The Morgan fingerprint density at radius 2 is 1.78 bits per heavy atom. The van der Waals surface area contributed by atoms with E-state index in [4.69, 9.17) is 4.98 Å². The van der Waals surface area contributed by atoms with Crippen molar-refractivity contribution < 1.29 is 4.39 Å². The Balaban J connectivity index is 1.87. The van der Waals surface area contributed by atoms with Gasteiger partial charge in [-0.2, -0.15) is 0 Å². The lowest BCUT2D eigenvalue weighted by Gasteiger charge is -2.08. The van der Waals surface area contributed by atoms with Crippen molar-refractivity contribution >= 4 is 22.4 Å². The van der Waals surface area contributed by atoms with E-state index in [2.05, 4.69) is 29.7 Å². The standard InChI is InChI=1S/C19H15FN2S/c1-13-6-11-18(23-13)19-21-16-4-2-3-5-17(16)22(19)12-14-7-9-15(20)10-8-14/h2-11H,12H2,1H3. The van der Waals surface area contributed by atoms with E-state index >= 15 is 0 Å². The predicted molar refractivity (Wildman–Crippen MR) is 93.3 cm³/mol. The monoisotopic (exact) mass is 322 g/mol. The fourth-order valence-corrected chi connectivity index (χ4v) is 3.62. The summed E-state index contributed by atoms with van der Waals surface area (Å²) in [6.07, 6.45) is 0. The third kappa shape index (κ3) is 2.66. The molecule has 114 valence electrons. The Morgan fingerprint density at radius 3 is 2.52 bits per heavy atom. The highest BCUT2D eigenvalue weighted by Gasteiger charge is 2.14. The zero-order chi connectivity index (χ0) is 15.8. The molecule has 0 aliphatic heterocycles. The van der Waals surface area contributed by atoms with Gasteiger partial charge in [-0.3, -0.25) is 0 Å². The maximum absolute atomic E-state index is 13.1. The summed E-state index contributed by atoms with van der Waals surface area (Å²) in [7, 11) is 0. The van der Waals surface area contributed by atoms with E-state index in [0.717, 1.165) is 27.3 Å². The highest BCUT2D eigenvalue weighted by atomic mass is 32.1. The first-order valence-corrected chi connectivity index (χ1v) is 8.29. The van der Waals surface area contributed by atoms with Gasteiger partial charge in [-0.25, -0.2) is 9.37 Å². The molecule has 23 heavy (non-hydrogen) atoms. The first-order chi connectivity index (χ1) is 11.2. The average molecular weight is 322 g/mol. The largest absolute Gasteiger partial charge is 0.319 e. The van der Waals surface area contributed by atoms with E-state index in [1.807, 2.05) is 30.3 Å². The van der Waals surface area contributed by atoms with Crippen LogP contribution in [0.25, 0.3) is 21.7 Å². The Hall–Kier alpha value is -2.46. The number of hydrogen-bond donors (Lipinski definition) is 0. The van der Waals surface area contributed by atoms with Gasteiger partial charge in [-0.05, 0) is 48.9 Å².